The Kier molecular flexibility index (Phi) is 9.06. The molecule has 3 N–H and O–H groups in total. The summed E-state index contributed by atoms with van der Waals surface area (Å²) in [5, 5.41) is 12.8. The van der Waals surface area contributed by atoms with E-state index in [9.17, 15) is 9.59 Å². The molecular formula is C26H32ClN5O4. The number of carbonyl (C=O) groups is 2. The van der Waals surface area contributed by atoms with Crippen molar-refractivity contribution in [2.24, 2.45) is 5.92 Å². The van der Waals surface area contributed by atoms with E-state index in [0.29, 0.717) is 41.2 Å². The number of ether oxygens (including phenoxy) is 1. The van der Waals surface area contributed by atoms with Crippen molar-refractivity contribution in [2.75, 3.05) is 30.3 Å². The van der Waals surface area contributed by atoms with Crippen molar-refractivity contribution in [1.82, 2.24) is 15.5 Å². The van der Waals surface area contributed by atoms with Gasteiger partial charge in [-0.25, -0.2) is 4.98 Å². The van der Waals surface area contributed by atoms with Crippen molar-refractivity contribution in [3.63, 3.8) is 0 Å². The van der Waals surface area contributed by atoms with E-state index in [1.807, 2.05) is 20.8 Å². The Bertz CT molecular complexity index is 1150. The maximum absolute atomic E-state index is 12.5. The smallest absolute Gasteiger partial charge is 0.274 e. The molecule has 36 heavy (non-hydrogen) atoms. The molecule has 4 rings (SSSR count). The molecular weight excluding hydrogens is 482 g/mol. The fraction of sp³-hybridized carbons (Fsp3) is 0.385. The first-order chi connectivity index (χ1) is 16.8. The van der Waals surface area contributed by atoms with E-state index >= 15 is 0 Å². The van der Waals surface area contributed by atoms with Gasteiger partial charge in [0.15, 0.2) is 5.82 Å². The second-order valence-electron chi connectivity index (χ2n) is 9.75. The minimum atomic E-state index is -0.317. The van der Waals surface area contributed by atoms with Gasteiger partial charge in [-0.2, -0.15) is 0 Å². The minimum Gasteiger partial charge on any atom is -0.492 e. The number of pyridine rings is 1. The molecule has 1 aliphatic heterocycles. The highest BCUT2D eigenvalue weighted by atomic mass is 35.5. The Labute approximate surface area is 216 Å². The molecule has 2 amide bonds. The van der Waals surface area contributed by atoms with Crippen LogP contribution in [-0.4, -0.2) is 41.7 Å². The van der Waals surface area contributed by atoms with Gasteiger partial charge in [-0.05, 0) is 42.8 Å². The molecule has 3 heterocycles. The predicted molar refractivity (Wildman–Crippen MR) is 140 cm³/mol. The molecule has 0 bridgehead atoms. The van der Waals surface area contributed by atoms with Crippen LogP contribution in [0.1, 0.15) is 49.0 Å². The van der Waals surface area contributed by atoms with Crippen molar-refractivity contribution in [3.8, 4) is 5.75 Å². The maximum Gasteiger partial charge on any atom is 0.274 e. The number of benzene rings is 1. The average Bonchev–Trinajstić information content (AvgIpc) is 3.51. The Morgan fingerprint density at radius 3 is 2.53 bits per heavy atom. The van der Waals surface area contributed by atoms with Crippen LogP contribution in [0.3, 0.4) is 0 Å². The predicted octanol–water partition coefficient (Wildman–Crippen LogP) is 4.21. The summed E-state index contributed by atoms with van der Waals surface area (Å²) >= 11 is 0. The number of amides is 2. The summed E-state index contributed by atoms with van der Waals surface area (Å²) in [5.41, 5.74) is 1.53. The van der Waals surface area contributed by atoms with E-state index in [1.165, 1.54) is 0 Å². The molecule has 0 unspecified atom stereocenters. The molecule has 0 aliphatic carbocycles. The molecule has 0 spiro atoms. The van der Waals surface area contributed by atoms with Crippen molar-refractivity contribution in [2.45, 2.75) is 39.0 Å². The lowest BCUT2D eigenvalue weighted by atomic mass is 9.93. The lowest BCUT2D eigenvalue weighted by molar-refractivity contribution is -0.115. The van der Waals surface area contributed by atoms with Crippen LogP contribution in [0.15, 0.2) is 53.2 Å². The second kappa shape index (κ2) is 12.0. The molecule has 1 fully saturated rings. The van der Waals surface area contributed by atoms with Gasteiger partial charge in [0.2, 0.25) is 5.91 Å². The summed E-state index contributed by atoms with van der Waals surface area (Å²) in [6.07, 6.45) is 2.85. The van der Waals surface area contributed by atoms with E-state index in [-0.39, 0.29) is 36.1 Å². The number of halogens is 1. The number of hydrogen-bond acceptors (Lipinski definition) is 7. The Morgan fingerprint density at radius 2 is 1.92 bits per heavy atom. The fourth-order valence-corrected chi connectivity index (χ4v) is 3.63. The molecule has 9 nitrogen and oxygen atoms in total. The molecule has 1 saturated heterocycles. The third kappa shape index (κ3) is 7.53. The zero-order valence-electron chi connectivity index (χ0n) is 20.7. The molecule has 10 heteroatoms. The standard InChI is InChI=1S/C26H31N5O4.ClH/c1-26(2,3)22-13-23(31-35-22)30-24(32)12-17-4-6-19(7-5-17)29-25(33)21-9-8-20(15-28-21)34-16-18-10-11-27-14-18;/h4-9,13,15,18,27H,10-12,14,16H2,1-3H3,(H,29,33)(H,30,31,32);1H/t18-;/m1./s1. The van der Waals surface area contributed by atoms with Gasteiger partial charge in [-0.3, -0.25) is 9.59 Å². The zero-order chi connectivity index (χ0) is 24.8. The summed E-state index contributed by atoms with van der Waals surface area (Å²) in [6.45, 7) is 8.66. The largest absolute Gasteiger partial charge is 0.492 e. The Hall–Kier alpha value is -3.43. The molecule has 1 atom stereocenters. The van der Waals surface area contributed by atoms with Gasteiger partial charge in [0.05, 0.1) is 19.2 Å². The maximum atomic E-state index is 12.5. The highest BCUT2D eigenvalue weighted by Gasteiger charge is 2.20. The van der Waals surface area contributed by atoms with Gasteiger partial charge < -0.3 is 25.2 Å². The first-order valence-corrected chi connectivity index (χ1v) is 11.7. The van der Waals surface area contributed by atoms with Crippen molar-refractivity contribution >= 4 is 35.7 Å². The van der Waals surface area contributed by atoms with Crippen molar-refractivity contribution in [3.05, 3.63) is 65.7 Å². The van der Waals surface area contributed by atoms with Crippen LogP contribution >= 0.6 is 12.4 Å². The Morgan fingerprint density at radius 1 is 1.14 bits per heavy atom. The van der Waals surface area contributed by atoms with Crippen LogP contribution in [-0.2, 0) is 16.6 Å². The number of rotatable bonds is 8. The summed E-state index contributed by atoms with van der Waals surface area (Å²) < 4.78 is 11.1. The summed E-state index contributed by atoms with van der Waals surface area (Å²) in [7, 11) is 0. The summed E-state index contributed by atoms with van der Waals surface area (Å²) in [5.74, 6) is 1.73. The van der Waals surface area contributed by atoms with Crippen LogP contribution in [0.4, 0.5) is 11.5 Å². The fourth-order valence-electron chi connectivity index (χ4n) is 3.63. The molecule has 0 radical (unpaired) electrons. The first-order valence-electron chi connectivity index (χ1n) is 11.7. The van der Waals surface area contributed by atoms with Gasteiger partial charge >= 0.3 is 0 Å². The third-order valence-corrected chi connectivity index (χ3v) is 5.71. The normalized spacial score (nSPS) is 15.1. The highest BCUT2D eigenvalue weighted by molar-refractivity contribution is 6.02. The number of nitrogens with one attached hydrogen (secondary N) is 3. The monoisotopic (exact) mass is 513 g/mol. The average molecular weight is 514 g/mol. The van der Waals surface area contributed by atoms with Gasteiger partial charge in [-0.1, -0.05) is 38.1 Å². The number of anilines is 2. The number of carbonyl (C=O) groups excluding carboxylic acids is 2. The van der Waals surface area contributed by atoms with E-state index in [4.69, 9.17) is 9.26 Å². The highest BCUT2D eigenvalue weighted by Crippen LogP contribution is 2.24. The first kappa shape index (κ1) is 27.2. The second-order valence-corrected chi connectivity index (χ2v) is 9.75. The van der Waals surface area contributed by atoms with Crippen LogP contribution in [0.25, 0.3) is 0 Å². The Balaban J connectivity index is 0.00000361. The zero-order valence-corrected chi connectivity index (χ0v) is 21.5. The molecule has 2 aromatic heterocycles. The lowest BCUT2D eigenvalue weighted by Gasteiger charge is -2.12. The third-order valence-electron chi connectivity index (χ3n) is 5.71. The molecule has 192 valence electrons. The van der Waals surface area contributed by atoms with Crippen LogP contribution in [0.2, 0.25) is 0 Å². The van der Waals surface area contributed by atoms with Crippen LogP contribution in [0.5, 0.6) is 5.75 Å². The van der Waals surface area contributed by atoms with E-state index in [2.05, 4.69) is 26.1 Å². The quantitative estimate of drug-likeness (QED) is 0.413. The summed E-state index contributed by atoms with van der Waals surface area (Å²) in [4.78, 5) is 29.1. The van der Waals surface area contributed by atoms with E-state index in [1.54, 1.807) is 48.7 Å². The van der Waals surface area contributed by atoms with E-state index < -0.39 is 0 Å². The number of hydrogen-bond donors (Lipinski definition) is 3. The van der Waals surface area contributed by atoms with Gasteiger partial charge in [0.1, 0.15) is 17.2 Å². The van der Waals surface area contributed by atoms with Gasteiger partial charge in [0, 0.05) is 29.6 Å². The lowest BCUT2D eigenvalue weighted by Crippen LogP contribution is -2.16. The molecule has 1 aliphatic rings. The number of aromatic nitrogens is 2. The summed E-state index contributed by atoms with van der Waals surface area (Å²) in [6, 6.07) is 12.2. The van der Waals surface area contributed by atoms with Gasteiger partial charge in [-0.15, -0.1) is 12.4 Å². The topological polar surface area (TPSA) is 118 Å². The van der Waals surface area contributed by atoms with Crippen molar-refractivity contribution in [1.29, 1.82) is 0 Å². The molecule has 0 saturated carbocycles. The van der Waals surface area contributed by atoms with Crippen molar-refractivity contribution < 1.29 is 18.8 Å². The van der Waals surface area contributed by atoms with Crippen LogP contribution in [0, 0.1) is 5.92 Å². The van der Waals surface area contributed by atoms with Crippen LogP contribution < -0.4 is 20.7 Å². The number of nitrogens with zero attached hydrogens (tertiary/aromatic N) is 2. The minimum absolute atomic E-state index is 0. The molecule has 3 aromatic rings. The SMILES string of the molecule is CC(C)(C)c1cc(NC(=O)Cc2ccc(NC(=O)c3ccc(OC[C@@H]4CCNC4)cn3)cc2)no1.Cl. The van der Waals surface area contributed by atoms with E-state index in [0.717, 1.165) is 25.1 Å². The molecule has 1 aromatic carbocycles. The van der Waals surface area contributed by atoms with Gasteiger partial charge in [0.25, 0.3) is 5.91 Å².